The van der Waals surface area contributed by atoms with Gasteiger partial charge in [0.1, 0.15) is 0 Å². The SMILES string of the molecule is CC(C)CNCc1ccc(N2CCCC(C)(O)C2)c(Br)c1. The molecule has 0 aromatic heterocycles. The largest absolute Gasteiger partial charge is 0.388 e. The van der Waals surface area contributed by atoms with E-state index in [-0.39, 0.29) is 0 Å². The first kappa shape index (κ1) is 16.8. The van der Waals surface area contributed by atoms with Crippen LogP contribution in [0.4, 0.5) is 5.69 Å². The van der Waals surface area contributed by atoms with E-state index in [9.17, 15) is 5.11 Å². The predicted octanol–water partition coefficient (Wildman–Crippen LogP) is 3.55. The predicted molar refractivity (Wildman–Crippen MR) is 92.8 cm³/mol. The molecule has 1 unspecified atom stereocenters. The van der Waals surface area contributed by atoms with Gasteiger partial charge in [0, 0.05) is 24.1 Å². The lowest BCUT2D eigenvalue weighted by molar-refractivity contribution is 0.0449. The minimum Gasteiger partial charge on any atom is -0.388 e. The number of aliphatic hydroxyl groups is 1. The van der Waals surface area contributed by atoms with Crippen LogP contribution in [0.15, 0.2) is 22.7 Å². The van der Waals surface area contributed by atoms with Crippen LogP contribution in [0.2, 0.25) is 0 Å². The summed E-state index contributed by atoms with van der Waals surface area (Å²) in [6, 6.07) is 6.53. The van der Waals surface area contributed by atoms with Gasteiger partial charge in [0.15, 0.2) is 0 Å². The van der Waals surface area contributed by atoms with Crippen LogP contribution in [0, 0.1) is 5.92 Å². The summed E-state index contributed by atoms with van der Waals surface area (Å²) in [5.41, 5.74) is 1.90. The van der Waals surface area contributed by atoms with E-state index in [1.165, 1.54) is 11.3 Å². The van der Waals surface area contributed by atoms with Gasteiger partial charge in [0.2, 0.25) is 0 Å². The third-order valence-electron chi connectivity index (χ3n) is 3.91. The Balaban J connectivity index is 2.02. The van der Waals surface area contributed by atoms with Crippen molar-refractivity contribution in [2.24, 2.45) is 5.92 Å². The van der Waals surface area contributed by atoms with Crippen molar-refractivity contribution in [1.29, 1.82) is 0 Å². The number of hydrogen-bond donors (Lipinski definition) is 2. The average Bonchev–Trinajstić information content (AvgIpc) is 2.37. The molecule has 0 saturated carbocycles. The van der Waals surface area contributed by atoms with Crippen LogP contribution in [0.25, 0.3) is 0 Å². The topological polar surface area (TPSA) is 35.5 Å². The molecule has 2 rings (SSSR count). The molecule has 2 N–H and O–H groups in total. The number of anilines is 1. The zero-order valence-electron chi connectivity index (χ0n) is 13.3. The Morgan fingerprint density at radius 3 is 2.81 bits per heavy atom. The third kappa shape index (κ3) is 4.97. The molecule has 0 bridgehead atoms. The lowest BCUT2D eigenvalue weighted by atomic mass is 9.94. The van der Waals surface area contributed by atoms with Crippen molar-refractivity contribution in [3.8, 4) is 0 Å². The first-order chi connectivity index (χ1) is 9.87. The van der Waals surface area contributed by atoms with Crippen molar-refractivity contribution in [1.82, 2.24) is 5.32 Å². The van der Waals surface area contributed by atoms with Gasteiger partial charge in [-0.05, 0) is 65.9 Å². The first-order valence-electron chi connectivity index (χ1n) is 7.84. The molecule has 3 nitrogen and oxygen atoms in total. The minimum absolute atomic E-state index is 0.574. The number of nitrogens with one attached hydrogen (secondary N) is 1. The van der Waals surface area contributed by atoms with Crippen LogP contribution in [-0.4, -0.2) is 30.3 Å². The molecule has 1 aliphatic heterocycles. The van der Waals surface area contributed by atoms with E-state index in [2.05, 4.69) is 58.2 Å². The van der Waals surface area contributed by atoms with Crippen LogP contribution >= 0.6 is 15.9 Å². The van der Waals surface area contributed by atoms with Crippen LogP contribution in [0.3, 0.4) is 0 Å². The summed E-state index contributed by atoms with van der Waals surface area (Å²) in [6.45, 7) is 10.0. The molecule has 1 atom stereocenters. The second-order valence-corrected chi connectivity index (χ2v) is 7.69. The molecular weight excluding hydrogens is 328 g/mol. The number of halogens is 1. The molecule has 1 heterocycles. The molecule has 4 heteroatoms. The Morgan fingerprint density at radius 2 is 2.19 bits per heavy atom. The molecule has 1 saturated heterocycles. The fourth-order valence-corrected chi connectivity index (χ4v) is 3.52. The summed E-state index contributed by atoms with van der Waals surface area (Å²) in [5, 5.41) is 13.7. The zero-order chi connectivity index (χ0) is 15.5. The highest BCUT2D eigenvalue weighted by Gasteiger charge is 2.29. The third-order valence-corrected chi connectivity index (χ3v) is 4.54. The fraction of sp³-hybridized carbons (Fsp3) is 0.647. The summed E-state index contributed by atoms with van der Waals surface area (Å²) >= 11 is 3.69. The van der Waals surface area contributed by atoms with Gasteiger partial charge in [-0.3, -0.25) is 0 Å². The summed E-state index contributed by atoms with van der Waals surface area (Å²) in [6.07, 6.45) is 1.93. The Kier molecular flexibility index (Phi) is 5.69. The van der Waals surface area contributed by atoms with E-state index in [1.807, 2.05) is 6.92 Å². The highest BCUT2D eigenvalue weighted by atomic mass is 79.9. The summed E-state index contributed by atoms with van der Waals surface area (Å²) in [7, 11) is 0. The van der Waals surface area contributed by atoms with E-state index in [0.29, 0.717) is 12.5 Å². The van der Waals surface area contributed by atoms with Gasteiger partial charge in [0.25, 0.3) is 0 Å². The number of piperidine rings is 1. The standard InChI is InChI=1S/C17H27BrN2O/c1-13(2)10-19-11-14-5-6-16(15(18)9-14)20-8-4-7-17(3,21)12-20/h5-6,9,13,19,21H,4,7-8,10-12H2,1-3H3. The fourth-order valence-electron chi connectivity index (χ4n) is 2.85. The van der Waals surface area contributed by atoms with E-state index in [4.69, 9.17) is 0 Å². The van der Waals surface area contributed by atoms with Crippen molar-refractivity contribution in [3.63, 3.8) is 0 Å². The molecule has 1 fully saturated rings. The molecule has 0 aliphatic carbocycles. The zero-order valence-corrected chi connectivity index (χ0v) is 14.9. The Labute approximate surface area is 136 Å². The Bertz CT molecular complexity index is 474. The van der Waals surface area contributed by atoms with Gasteiger partial charge in [-0.1, -0.05) is 19.9 Å². The normalized spacial score (nSPS) is 22.9. The van der Waals surface area contributed by atoms with E-state index >= 15 is 0 Å². The maximum atomic E-state index is 10.3. The van der Waals surface area contributed by atoms with Crippen LogP contribution in [0.1, 0.15) is 39.2 Å². The first-order valence-corrected chi connectivity index (χ1v) is 8.63. The van der Waals surface area contributed by atoms with Gasteiger partial charge >= 0.3 is 0 Å². The number of hydrogen-bond acceptors (Lipinski definition) is 3. The molecule has 1 aromatic rings. The summed E-state index contributed by atoms with van der Waals surface area (Å²) in [5.74, 6) is 0.670. The molecule has 1 aliphatic rings. The number of β-amino-alcohol motifs (C(OH)–C–C–N with tert-alkyl or cyclic N) is 1. The summed E-state index contributed by atoms with van der Waals surface area (Å²) in [4.78, 5) is 2.28. The van der Waals surface area contributed by atoms with Crippen molar-refractivity contribution >= 4 is 21.6 Å². The van der Waals surface area contributed by atoms with Crippen molar-refractivity contribution in [3.05, 3.63) is 28.2 Å². The molecule has 1 aromatic carbocycles. The van der Waals surface area contributed by atoms with Crippen molar-refractivity contribution < 1.29 is 5.11 Å². The van der Waals surface area contributed by atoms with Crippen LogP contribution < -0.4 is 10.2 Å². The van der Waals surface area contributed by atoms with E-state index in [0.717, 1.165) is 36.9 Å². The highest BCUT2D eigenvalue weighted by molar-refractivity contribution is 9.10. The molecule has 21 heavy (non-hydrogen) atoms. The monoisotopic (exact) mass is 354 g/mol. The van der Waals surface area contributed by atoms with Gasteiger partial charge in [-0.25, -0.2) is 0 Å². The van der Waals surface area contributed by atoms with Crippen molar-refractivity contribution in [2.45, 2.75) is 45.8 Å². The Morgan fingerprint density at radius 1 is 1.43 bits per heavy atom. The number of benzene rings is 1. The molecule has 0 amide bonds. The van der Waals surface area contributed by atoms with Crippen molar-refractivity contribution in [2.75, 3.05) is 24.5 Å². The van der Waals surface area contributed by atoms with E-state index < -0.39 is 5.60 Å². The lowest BCUT2D eigenvalue weighted by Gasteiger charge is -2.38. The average molecular weight is 355 g/mol. The number of rotatable bonds is 5. The lowest BCUT2D eigenvalue weighted by Crippen LogP contribution is -2.46. The summed E-state index contributed by atoms with van der Waals surface area (Å²) < 4.78 is 1.11. The quantitative estimate of drug-likeness (QED) is 0.848. The Hall–Kier alpha value is -0.580. The molecular formula is C17H27BrN2O. The molecule has 118 valence electrons. The van der Waals surface area contributed by atoms with E-state index in [1.54, 1.807) is 0 Å². The molecule has 0 spiro atoms. The maximum absolute atomic E-state index is 10.3. The van der Waals surface area contributed by atoms with Gasteiger partial charge in [-0.15, -0.1) is 0 Å². The second-order valence-electron chi connectivity index (χ2n) is 6.83. The maximum Gasteiger partial charge on any atom is 0.0794 e. The van der Waals surface area contributed by atoms with Gasteiger partial charge in [0.05, 0.1) is 11.3 Å². The van der Waals surface area contributed by atoms with Crippen LogP contribution in [0.5, 0.6) is 0 Å². The van der Waals surface area contributed by atoms with Gasteiger partial charge < -0.3 is 15.3 Å². The number of nitrogens with zero attached hydrogens (tertiary/aromatic N) is 1. The van der Waals surface area contributed by atoms with Crippen LogP contribution in [-0.2, 0) is 6.54 Å². The second kappa shape index (κ2) is 7.12. The highest BCUT2D eigenvalue weighted by Crippen LogP contribution is 2.32. The van der Waals surface area contributed by atoms with Gasteiger partial charge in [-0.2, -0.15) is 0 Å². The smallest absolute Gasteiger partial charge is 0.0794 e. The molecule has 0 radical (unpaired) electrons. The minimum atomic E-state index is -0.574.